The third kappa shape index (κ3) is 5.30. The molecule has 0 aromatic heterocycles. The highest BCUT2D eigenvalue weighted by molar-refractivity contribution is 9.13. The Morgan fingerprint density at radius 1 is 1.10 bits per heavy atom. The molecule has 0 aliphatic carbocycles. The number of phenolic OH excluding ortho intramolecular Hbond substituents is 1. The molecule has 2 N–H and O–H groups in total. The predicted molar refractivity (Wildman–Crippen MR) is 130 cm³/mol. The Hall–Kier alpha value is -2.16. The number of anilines is 1. The molecule has 8 heteroatoms. The Labute approximate surface area is 199 Å². The number of halogens is 3. The van der Waals surface area contributed by atoms with Crippen LogP contribution in [0.4, 0.5) is 11.4 Å². The average molecular weight is 597 g/mol. The fourth-order valence-corrected chi connectivity index (χ4v) is 3.90. The zero-order chi connectivity index (χ0) is 21.7. The second-order valence-corrected chi connectivity index (χ2v) is 8.61. The van der Waals surface area contributed by atoms with Crippen molar-refractivity contribution < 1.29 is 14.6 Å². The number of ether oxygens (including phenoxy) is 1. The van der Waals surface area contributed by atoms with Gasteiger partial charge in [0.1, 0.15) is 0 Å². The first-order valence-electron chi connectivity index (χ1n) is 8.94. The third-order valence-electron chi connectivity index (χ3n) is 4.07. The summed E-state index contributed by atoms with van der Waals surface area (Å²) in [5.41, 5.74) is 2.34. The summed E-state index contributed by atoms with van der Waals surface area (Å²) < 4.78 is 7.56. The molecule has 30 heavy (non-hydrogen) atoms. The first kappa shape index (κ1) is 22.5. The summed E-state index contributed by atoms with van der Waals surface area (Å²) in [5, 5.41) is 13.4. The number of phenols is 1. The molecule has 0 atom stereocenters. The molecular weight excluding hydrogens is 580 g/mol. The Morgan fingerprint density at radius 2 is 1.83 bits per heavy atom. The van der Waals surface area contributed by atoms with Gasteiger partial charge in [-0.3, -0.25) is 9.79 Å². The van der Waals surface area contributed by atoms with Crippen LogP contribution < -0.4 is 10.1 Å². The van der Waals surface area contributed by atoms with Crippen LogP contribution >= 0.6 is 47.8 Å². The van der Waals surface area contributed by atoms with Gasteiger partial charge in [0.25, 0.3) is 5.91 Å². The van der Waals surface area contributed by atoms with E-state index in [4.69, 9.17) is 4.74 Å². The topological polar surface area (TPSA) is 70.9 Å². The molecule has 1 amide bonds. The van der Waals surface area contributed by atoms with E-state index in [0.717, 1.165) is 4.47 Å². The molecule has 0 saturated heterocycles. The van der Waals surface area contributed by atoms with E-state index in [1.54, 1.807) is 42.6 Å². The van der Waals surface area contributed by atoms with Crippen LogP contribution in [0.2, 0.25) is 0 Å². The molecule has 0 saturated carbocycles. The first-order chi connectivity index (χ1) is 14.4. The van der Waals surface area contributed by atoms with Crippen molar-refractivity contribution >= 4 is 71.3 Å². The van der Waals surface area contributed by atoms with Crippen molar-refractivity contribution in [2.45, 2.75) is 6.92 Å². The number of hydrogen-bond donors (Lipinski definition) is 2. The molecule has 0 radical (unpaired) electrons. The van der Waals surface area contributed by atoms with E-state index < -0.39 is 0 Å². The van der Waals surface area contributed by atoms with Gasteiger partial charge >= 0.3 is 0 Å². The zero-order valence-electron chi connectivity index (χ0n) is 15.8. The van der Waals surface area contributed by atoms with E-state index in [2.05, 4.69) is 58.1 Å². The minimum atomic E-state index is -0.195. The highest BCUT2D eigenvalue weighted by Gasteiger charge is 2.15. The summed E-state index contributed by atoms with van der Waals surface area (Å²) in [6, 6.07) is 16.0. The maximum absolute atomic E-state index is 12.3. The average Bonchev–Trinajstić information content (AvgIpc) is 2.74. The van der Waals surface area contributed by atoms with Gasteiger partial charge in [0.05, 0.1) is 23.5 Å². The SMILES string of the molecule is CCOc1cc(Br)c(Br)c(C=Nc2ccc(NC(=O)c3ccccc3)c(Br)c2)c1O. The van der Waals surface area contributed by atoms with Gasteiger partial charge in [0.15, 0.2) is 11.5 Å². The molecule has 0 heterocycles. The molecular formula is C22H17Br3N2O3. The molecule has 0 aliphatic heterocycles. The van der Waals surface area contributed by atoms with Gasteiger partial charge < -0.3 is 15.2 Å². The van der Waals surface area contributed by atoms with E-state index in [0.29, 0.717) is 43.8 Å². The lowest BCUT2D eigenvalue weighted by Crippen LogP contribution is -2.11. The maximum atomic E-state index is 12.3. The van der Waals surface area contributed by atoms with Crippen molar-refractivity contribution in [3.63, 3.8) is 0 Å². The number of aromatic hydroxyl groups is 1. The number of carbonyl (C=O) groups is 1. The number of carbonyl (C=O) groups excluding carboxylic acids is 1. The summed E-state index contributed by atoms with van der Waals surface area (Å²) >= 11 is 10.4. The van der Waals surface area contributed by atoms with E-state index in [-0.39, 0.29) is 11.7 Å². The normalized spacial score (nSPS) is 10.9. The monoisotopic (exact) mass is 594 g/mol. The van der Waals surface area contributed by atoms with Crippen molar-refractivity contribution in [2.24, 2.45) is 4.99 Å². The predicted octanol–water partition coefficient (Wildman–Crippen LogP) is 7.08. The Morgan fingerprint density at radius 3 is 2.50 bits per heavy atom. The smallest absolute Gasteiger partial charge is 0.255 e. The van der Waals surface area contributed by atoms with Crippen molar-refractivity contribution in [1.82, 2.24) is 0 Å². The summed E-state index contributed by atoms with van der Waals surface area (Å²) in [6.07, 6.45) is 1.55. The first-order valence-corrected chi connectivity index (χ1v) is 11.3. The largest absolute Gasteiger partial charge is 0.504 e. The summed E-state index contributed by atoms with van der Waals surface area (Å²) in [7, 11) is 0. The van der Waals surface area contributed by atoms with Gasteiger partial charge in [-0.25, -0.2) is 0 Å². The molecule has 0 unspecified atom stereocenters. The summed E-state index contributed by atoms with van der Waals surface area (Å²) in [5.74, 6) is 0.176. The Balaban J connectivity index is 1.83. The molecule has 154 valence electrons. The number of hydrogen-bond acceptors (Lipinski definition) is 4. The van der Waals surface area contributed by atoms with Gasteiger partial charge in [0, 0.05) is 25.2 Å². The molecule has 3 aromatic rings. The number of benzene rings is 3. The van der Waals surface area contributed by atoms with Gasteiger partial charge in [-0.05, 0) is 91.1 Å². The molecule has 0 bridgehead atoms. The third-order valence-corrected chi connectivity index (χ3v) is 6.74. The van der Waals surface area contributed by atoms with Crippen molar-refractivity contribution in [3.8, 4) is 11.5 Å². The second kappa shape index (κ2) is 10.2. The molecule has 3 rings (SSSR count). The quantitative estimate of drug-likeness (QED) is 0.299. The number of rotatable bonds is 6. The lowest BCUT2D eigenvalue weighted by atomic mass is 10.2. The number of aliphatic imine (C=N–C) groups is 1. The summed E-state index contributed by atoms with van der Waals surface area (Å²) in [6.45, 7) is 2.28. The van der Waals surface area contributed by atoms with Gasteiger partial charge in [0.2, 0.25) is 0 Å². The highest BCUT2D eigenvalue weighted by Crippen LogP contribution is 2.40. The number of nitrogens with zero attached hydrogens (tertiary/aromatic N) is 1. The van der Waals surface area contributed by atoms with Crippen LogP contribution in [-0.2, 0) is 0 Å². The van der Waals surface area contributed by atoms with Gasteiger partial charge in [-0.15, -0.1) is 0 Å². The Bertz CT molecular complexity index is 1100. The minimum absolute atomic E-state index is 0.00138. The van der Waals surface area contributed by atoms with E-state index in [1.165, 1.54) is 0 Å². The fraction of sp³-hybridized carbons (Fsp3) is 0.0909. The van der Waals surface area contributed by atoms with Gasteiger partial charge in [-0.1, -0.05) is 18.2 Å². The van der Waals surface area contributed by atoms with E-state index in [9.17, 15) is 9.90 Å². The number of nitrogens with one attached hydrogen (secondary N) is 1. The highest BCUT2D eigenvalue weighted by atomic mass is 79.9. The molecule has 3 aromatic carbocycles. The fourth-order valence-electron chi connectivity index (χ4n) is 2.60. The van der Waals surface area contributed by atoms with Crippen LogP contribution in [0.5, 0.6) is 11.5 Å². The van der Waals surface area contributed by atoms with Crippen LogP contribution in [0.3, 0.4) is 0 Å². The maximum Gasteiger partial charge on any atom is 0.255 e. The second-order valence-electron chi connectivity index (χ2n) is 6.11. The zero-order valence-corrected chi connectivity index (χ0v) is 20.6. The van der Waals surface area contributed by atoms with E-state index in [1.807, 2.05) is 25.1 Å². The standard InChI is InChI=1S/C22H17Br3N2O3/c1-2-30-19-11-17(24)20(25)15(21(19)28)12-26-14-8-9-18(16(23)10-14)27-22(29)13-6-4-3-5-7-13/h3-12,28H,2H2,1H3,(H,27,29). The Kier molecular flexibility index (Phi) is 7.69. The molecule has 5 nitrogen and oxygen atoms in total. The van der Waals surface area contributed by atoms with Gasteiger partial charge in [-0.2, -0.15) is 0 Å². The summed E-state index contributed by atoms with van der Waals surface area (Å²) in [4.78, 5) is 16.8. The van der Waals surface area contributed by atoms with Crippen LogP contribution in [0.25, 0.3) is 0 Å². The van der Waals surface area contributed by atoms with Crippen molar-refractivity contribution in [3.05, 3.63) is 79.1 Å². The van der Waals surface area contributed by atoms with Crippen molar-refractivity contribution in [2.75, 3.05) is 11.9 Å². The molecule has 0 fully saturated rings. The van der Waals surface area contributed by atoms with Crippen LogP contribution in [0, 0.1) is 0 Å². The van der Waals surface area contributed by atoms with Crippen LogP contribution in [-0.4, -0.2) is 23.8 Å². The van der Waals surface area contributed by atoms with E-state index >= 15 is 0 Å². The van der Waals surface area contributed by atoms with Crippen LogP contribution in [0.15, 0.2) is 73.0 Å². The molecule has 0 spiro atoms. The lowest BCUT2D eigenvalue weighted by Gasteiger charge is -2.11. The van der Waals surface area contributed by atoms with Crippen LogP contribution in [0.1, 0.15) is 22.8 Å². The lowest BCUT2D eigenvalue weighted by molar-refractivity contribution is 0.102. The molecule has 0 aliphatic rings. The number of amides is 1. The minimum Gasteiger partial charge on any atom is -0.504 e. The van der Waals surface area contributed by atoms with Crippen molar-refractivity contribution in [1.29, 1.82) is 0 Å².